The van der Waals surface area contributed by atoms with Gasteiger partial charge in [0.25, 0.3) is 0 Å². The summed E-state index contributed by atoms with van der Waals surface area (Å²) in [6.45, 7) is 8.48. The van der Waals surface area contributed by atoms with Gasteiger partial charge in [-0.2, -0.15) is 0 Å². The van der Waals surface area contributed by atoms with Crippen LogP contribution in [0.5, 0.6) is 0 Å². The number of aromatic nitrogens is 1. The molecular weight excluding hydrogens is 322 g/mol. The van der Waals surface area contributed by atoms with Gasteiger partial charge in [-0.3, -0.25) is 9.69 Å². The molecule has 8 heteroatoms. The molecule has 0 unspecified atom stereocenters. The van der Waals surface area contributed by atoms with Crippen LogP contribution < -0.4 is 11.1 Å². The predicted octanol–water partition coefficient (Wildman–Crippen LogP) is 1.02. The molecule has 1 aromatic rings. The lowest BCUT2D eigenvalue weighted by molar-refractivity contribution is -0.122. The molecule has 1 aromatic heterocycles. The van der Waals surface area contributed by atoms with E-state index < -0.39 is 6.03 Å². The average molecular weight is 351 g/mol. The van der Waals surface area contributed by atoms with Crippen LogP contribution in [0.25, 0.3) is 0 Å². The fourth-order valence-electron chi connectivity index (χ4n) is 3.41. The van der Waals surface area contributed by atoms with Gasteiger partial charge in [-0.1, -0.05) is 18.5 Å². The number of carbonyl (C=O) groups is 2. The van der Waals surface area contributed by atoms with Crippen LogP contribution in [0.1, 0.15) is 36.8 Å². The Kier molecular flexibility index (Phi) is 6.41. The van der Waals surface area contributed by atoms with E-state index in [-0.39, 0.29) is 18.5 Å². The summed E-state index contributed by atoms with van der Waals surface area (Å²) in [5.41, 5.74) is 7.22. The summed E-state index contributed by atoms with van der Waals surface area (Å²) in [5.74, 6) is 1.07. The number of nitrogens with one attached hydrogen (secondary N) is 1. The molecule has 0 saturated carbocycles. The third kappa shape index (κ3) is 4.94. The van der Waals surface area contributed by atoms with E-state index in [4.69, 9.17) is 10.3 Å². The summed E-state index contributed by atoms with van der Waals surface area (Å²) >= 11 is 0. The summed E-state index contributed by atoms with van der Waals surface area (Å²) in [6.07, 6.45) is 2.12. The van der Waals surface area contributed by atoms with Gasteiger partial charge >= 0.3 is 6.03 Å². The summed E-state index contributed by atoms with van der Waals surface area (Å²) in [5, 5.41) is 7.08. The van der Waals surface area contributed by atoms with E-state index in [2.05, 4.69) is 22.3 Å². The van der Waals surface area contributed by atoms with Gasteiger partial charge < -0.3 is 20.5 Å². The minimum absolute atomic E-state index is 0.0193. The third-order valence-electron chi connectivity index (χ3n) is 4.84. The summed E-state index contributed by atoms with van der Waals surface area (Å²) in [6, 6.07) is -0.527. The molecule has 140 valence electrons. The monoisotopic (exact) mass is 351 g/mol. The van der Waals surface area contributed by atoms with E-state index >= 15 is 0 Å². The van der Waals surface area contributed by atoms with Crippen molar-refractivity contribution in [1.82, 2.24) is 20.3 Å². The van der Waals surface area contributed by atoms with Gasteiger partial charge in [0.15, 0.2) is 0 Å². The number of hydrogen-bond acceptors (Lipinski definition) is 5. The van der Waals surface area contributed by atoms with Gasteiger partial charge in [-0.05, 0) is 26.2 Å². The number of aryl methyl sites for hydroxylation is 2. The lowest BCUT2D eigenvalue weighted by Crippen LogP contribution is -2.46. The van der Waals surface area contributed by atoms with E-state index in [1.54, 1.807) is 0 Å². The molecule has 25 heavy (non-hydrogen) atoms. The molecule has 8 nitrogen and oxygen atoms in total. The second-order valence-electron chi connectivity index (χ2n) is 6.91. The first-order valence-electron chi connectivity index (χ1n) is 8.75. The first-order chi connectivity index (χ1) is 11.8. The summed E-state index contributed by atoms with van der Waals surface area (Å²) in [4.78, 5) is 26.8. The van der Waals surface area contributed by atoms with E-state index in [1.165, 1.54) is 11.9 Å². The van der Waals surface area contributed by atoms with Gasteiger partial charge in [0.05, 0.1) is 5.69 Å². The highest BCUT2D eigenvalue weighted by Crippen LogP contribution is 2.25. The average Bonchev–Trinajstić information content (AvgIpc) is 3.05. The molecule has 1 fully saturated rings. The van der Waals surface area contributed by atoms with Gasteiger partial charge in [0.2, 0.25) is 5.91 Å². The highest BCUT2D eigenvalue weighted by Gasteiger charge is 2.34. The van der Waals surface area contributed by atoms with Crippen molar-refractivity contribution in [3.8, 4) is 0 Å². The zero-order valence-corrected chi connectivity index (χ0v) is 15.5. The zero-order chi connectivity index (χ0) is 18.6. The highest BCUT2D eigenvalue weighted by molar-refractivity contribution is 5.83. The Bertz CT molecular complexity index is 596. The molecule has 1 aliphatic heterocycles. The van der Waals surface area contributed by atoms with E-state index in [0.29, 0.717) is 5.92 Å². The number of hydrogen-bond donors (Lipinski definition) is 2. The first kappa shape index (κ1) is 19.2. The van der Waals surface area contributed by atoms with Crippen molar-refractivity contribution < 1.29 is 14.1 Å². The number of nitrogens with zero attached hydrogens (tertiary/aromatic N) is 3. The van der Waals surface area contributed by atoms with Crippen LogP contribution in [-0.4, -0.2) is 59.6 Å². The molecule has 1 aliphatic rings. The molecule has 0 aromatic carbocycles. The van der Waals surface area contributed by atoms with Crippen LogP contribution in [0.2, 0.25) is 0 Å². The lowest BCUT2D eigenvalue weighted by atomic mass is 9.98. The Labute approximate surface area is 148 Å². The fraction of sp³-hybridized carbons (Fsp3) is 0.706. The number of nitrogens with two attached hydrogens (primary N) is 1. The highest BCUT2D eigenvalue weighted by atomic mass is 16.5. The van der Waals surface area contributed by atoms with Crippen molar-refractivity contribution in [2.75, 3.05) is 26.7 Å². The maximum absolute atomic E-state index is 12.2. The maximum Gasteiger partial charge on any atom is 0.314 e. The number of primary amides is 1. The molecule has 0 aliphatic carbocycles. The van der Waals surface area contributed by atoms with Gasteiger partial charge in [0.1, 0.15) is 12.3 Å². The van der Waals surface area contributed by atoms with Crippen molar-refractivity contribution in [1.29, 1.82) is 0 Å². The quantitative estimate of drug-likeness (QED) is 0.763. The summed E-state index contributed by atoms with van der Waals surface area (Å²) in [7, 11) is 1.52. The van der Waals surface area contributed by atoms with Crippen molar-refractivity contribution in [2.24, 2.45) is 11.7 Å². The Balaban J connectivity index is 1.97. The summed E-state index contributed by atoms with van der Waals surface area (Å²) < 4.78 is 5.24. The van der Waals surface area contributed by atoms with E-state index in [1.807, 2.05) is 13.8 Å². The lowest BCUT2D eigenvalue weighted by Gasteiger charge is -2.21. The number of urea groups is 1. The minimum Gasteiger partial charge on any atom is -0.361 e. The number of rotatable bonds is 7. The van der Waals surface area contributed by atoms with E-state index in [9.17, 15) is 9.59 Å². The first-order valence-corrected chi connectivity index (χ1v) is 8.75. The topological polar surface area (TPSA) is 105 Å². The molecular formula is C17H29N5O3. The predicted molar refractivity (Wildman–Crippen MR) is 93.8 cm³/mol. The maximum atomic E-state index is 12.2. The molecule has 3 N–H and O–H groups in total. The Hall–Kier alpha value is -2.09. The molecule has 2 atom stereocenters. The molecule has 1 saturated heterocycles. The van der Waals surface area contributed by atoms with Crippen molar-refractivity contribution in [3.63, 3.8) is 0 Å². The molecule has 3 amide bonds. The minimum atomic E-state index is -0.605. The fourth-order valence-corrected chi connectivity index (χ4v) is 3.41. The van der Waals surface area contributed by atoms with Crippen molar-refractivity contribution >= 4 is 11.9 Å². The van der Waals surface area contributed by atoms with Crippen LogP contribution in [-0.2, 0) is 11.3 Å². The molecule has 2 heterocycles. The smallest absolute Gasteiger partial charge is 0.314 e. The number of likely N-dealkylation sites (tertiary alicyclic amines) is 1. The second-order valence-corrected chi connectivity index (χ2v) is 6.91. The Morgan fingerprint density at radius 2 is 2.12 bits per heavy atom. The SMILES string of the molecule is CCC[C@H]1CN(Cc2c(C)noc2C)C[C@@H]1NC(=O)CN(C)C(N)=O. The van der Waals surface area contributed by atoms with Gasteiger partial charge in [0, 0.05) is 38.3 Å². The normalized spacial score (nSPS) is 20.6. The van der Waals surface area contributed by atoms with Crippen LogP contribution >= 0.6 is 0 Å². The molecule has 0 spiro atoms. The van der Waals surface area contributed by atoms with Crippen LogP contribution in [0, 0.1) is 19.8 Å². The number of carbonyl (C=O) groups excluding carboxylic acids is 2. The zero-order valence-electron chi connectivity index (χ0n) is 15.5. The Morgan fingerprint density at radius 3 is 2.68 bits per heavy atom. The van der Waals surface area contributed by atoms with Gasteiger partial charge in [-0.15, -0.1) is 0 Å². The molecule has 0 radical (unpaired) electrons. The van der Waals surface area contributed by atoms with Crippen molar-refractivity contribution in [3.05, 3.63) is 17.0 Å². The largest absolute Gasteiger partial charge is 0.361 e. The van der Waals surface area contributed by atoms with Gasteiger partial charge in [-0.25, -0.2) is 4.79 Å². The van der Waals surface area contributed by atoms with Crippen LogP contribution in [0.15, 0.2) is 4.52 Å². The standard InChI is InChI=1S/C17H29N5O3/c1-5-6-13-7-22(8-14-11(2)20-25-12(14)3)9-15(13)19-16(23)10-21(4)17(18)24/h13,15H,5-10H2,1-4H3,(H2,18,24)(H,19,23)/t13-,15-/m0/s1. The van der Waals surface area contributed by atoms with Crippen LogP contribution in [0.3, 0.4) is 0 Å². The molecule has 2 rings (SSSR count). The molecule has 0 bridgehead atoms. The number of likely N-dealkylation sites (N-methyl/N-ethyl adjacent to an activating group) is 1. The van der Waals surface area contributed by atoms with E-state index in [0.717, 1.165) is 49.5 Å². The van der Waals surface area contributed by atoms with Crippen molar-refractivity contribution in [2.45, 2.75) is 46.2 Å². The van der Waals surface area contributed by atoms with Crippen LogP contribution in [0.4, 0.5) is 4.79 Å². The second kappa shape index (κ2) is 8.33. The Morgan fingerprint density at radius 1 is 1.40 bits per heavy atom. The number of amides is 3. The third-order valence-corrected chi connectivity index (χ3v) is 4.84.